The fourth-order valence-corrected chi connectivity index (χ4v) is 4.60. The molecule has 146 valence electrons. The van der Waals surface area contributed by atoms with Crippen molar-refractivity contribution in [2.45, 2.75) is 30.7 Å². The molecule has 0 unspecified atom stereocenters. The van der Waals surface area contributed by atoms with E-state index in [1.807, 2.05) is 24.3 Å². The summed E-state index contributed by atoms with van der Waals surface area (Å²) in [7, 11) is 0. The molecular weight excluding hydrogens is 528 g/mol. The summed E-state index contributed by atoms with van der Waals surface area (Å²) in [5, 5.41) is 24.5. The molecule has 3 aromatic rings. The Morgan fingerprint density at radius 3 is 2.50 bits per heavy atom. The lowest BCUT2D eigenvalue weighted by Gasteiger charge is -2.05. The van der Waals surface area contributed by atoms with Crippen LogP contribution >= 0.6 is 55.2 Å². The summed E-state index contributed by atoms with van der Waals surface area (Å²) in [6.45, 7) is 2.09. The van der Waals surface area contributed by atoms with Crippen LogP contribution in [0.1, 0.15) is 30.3 Å². The highest BCUT2D eigenvalue weighted by Crippen LogP contribution is 2.33. The number of benzene rings is 2. The normalized spacial score (nSPS) is 11.4. The first-order valence-corrected chi connectivity index (χ1v) is 11.5. The van der Waals surface area contributed by atoms with E-state index < -0.39 is 0 Å². The van der Waals surface area contributed by atoms with Gasteiger partial charge >= 0.3 is 0 Å². The SMILES string of the molecule is CCCc1nnc(SCc2ccc(Cl)cc2)n1/N=C/c1cc(Br)c(O)c(Br)c1. The number of aryl methyl sites for hydroxylation is 1. The quantitative estimate of drug-likeness (QED) is 0.281. The molecule has 3 rings (SSSR count). The molecule has 0 aliphatic rings. The molecule has 2 aromatic carbocycles. The summed E-state index contributed by atoms with van der Waals surface area (Å²) >= 11 is 14.2. The summed E-state index contributed by atoms with van der Waals surface area (Å²) in [4.78, 5) is 0. The Balaban J connectivity index is 1.84. The minimum Gasteiger partial charge on any atom is -0.506 e. The van der Waals surface area contributed by atoms with Crippen LogP contribution in [0.3, 0.4) is 0 Å². The second kappa shape index (κ2) is 9.91. The van der Waals surface area contributed by atoms with Gasteiger partial charge in [-0.2, -0.15) is 9.78 Å². The van der Waals surface area contributed by atoms with Crippen molar-refractivity contribution in [1.29, 1.82) is 0 Å². The lowest BCUT2D eigenvalue weighted by Crippen LogP contribution is -2.00. The molecule has 0 amide bonds. The third-order valence-electron chi connectivity index (χ3n) is 3.79. The Morgan fingerprint density at radius 2 is 1.86 bits per heavy atom. The fraction of sp³-hybridized carbons (Fsp3) is 0.211. The average Bonchev–Trinajstić information content (AvgIpc) is 3.06. The lowest BCUT2D eigenvalue weighted by molar-refractivity contribution is 0.468. The summed E-state index contributed by atoms with van der Waals surface area (Å²) in [5.41, 5.74) is 1.98. The highest BCUT2D eigenvalue weighted by molar-refractivity contribution is 9.11. The first kappa shape index (κ1) is 21.4. The number of nitrogens with zero attached hydrogens (tertiary/aromatic N) is 4. The van der Waals surface area contributed by atoms with Crippen LogP contribution in [0.25, 0.3) is 0 Å². The predicted molar refractivity (Wildman–Crippen MR) is 122 cm³/mol. The van der Waals surface area contributed by atoms with E-state index in [2.05, 4.69) is 54.1 Å². The first-order chi connectivity index (χ1) is 13.5. The number of hydrogen-bond acceptors (Lipinski definition) is 5. The number of thioether (sulfide) groups is 1. The maximum atomic E-state index is 9.86. The smallest absolute Gasteiger partial charge is 0.212 e. The maximum absolute atomic E-state index is 9.86. The van der Waals surface area contributed by atoms with Crippen molar-refractivity contribution < 1.29 is 5.11 Å². The van der Waals surface area contributed by atoms with Crippen molar-refractivity contribution in [2.75, 3.05) is 0 Å². The van der Waals surface area contributed by atoms with E-state index in [0.29, 0.717) is 8.95 Å². The van der Waals surface area contributed by atoms with Crippen molar-refractivity contribution in [3.05, 3.63) is 67.3 Å². The summed E-state index contributed by atoms with van der Waals surface area (Å²) in [5.74, 6) is 1.72. The van der Waals surface area contributed by atoms with Gasteiger partial charge < -0.3 is 5.11 Å². The summed E-state index contributed by atoms with van der Waals surface area (Å²) < 4.78 is 2.97. The van der Waals surface area contributed by atoms with Crippen molar-refractivity contribution in [3.8, 4) is 5.75 Å². The van der Waals surface area contributed by atoms with Gasteiger partial charge in [0.25, 0.3) is 0 Å². The van der Waals surface area contributed by atoms with Crippen LogP contribution in [0.5, 0.6) is 5.75 Å². The fourth-order valence-electron chi connectivity index (χ4n) is 2.39. The third-order valence-corrected chi connectivity index (χ3v) is 6.24. The number of hydrogen-bond donors (Lipinski definition) is 1. The second-order valence-electron chi connectivity index (χ2n) is 5.95. The Hall–Kier alpha value is -1.35. The molecule has 0 saturated carbocycles. The number of rotatable bonds is 7. The van der Waals surface area contributed by atoms with Crippen LogP contribution in [0.4, 0.5) is 0 Å². The molecule has 9 heteroatoms. The largest absolute Gasteiger partial charge is 0.506 e. The zero-order valence-corrected chi connectivity index (χ0v) is 19.7. The molecule has 0 saturated heterocycles. The molecule has 0 radical (unpaired) electrons. The molecule has 0 aliphatic carbocycles. The number of halogens is 3. The van der Waals surface area contributed by atoms with Crippen LogP contribution in [-0.2, 0) is 12.2 Å². The van der Waals surface area contributed by atoms with E-state index in [4.69, 9.17) is 11.6 Å². The van der Waals surface area contributed by atoms with Crippen LogP contribution in [0.15, 0.2) is 55.6 Å². The van der Waals surface area contributed by atoms with E-state index in [1.54, 1.807) is 34.8 Å². The average molecular weight is 545 g/mol. The Labute approximate surface area is 189 Å². The van der Waals surface area contributed by atoms with E-state index in [0.717, 1.165) is 45.7 Å². The summed E-state index contributed by atoms with van der Waals surface area (Å²) in [6, 6.07) is 11.4. The summed E-state index contributed by atoms with van der Waals surface area (Å²) in [6.07, 6.45) is 3.46. The third kappa shape index (κ3) is 5.37. The topological polar surface area (TPSA) is 63.3 Å². The first-order valence-electron chi connectivity index (χ1n) is 8.51. The molecule has 1 heterocycles. The number of aromatic hydroxyl groups is 1. The van der Waals surface area contributed by atoms with Gasteiger partial charge in [-0.25, -0.2) is 0 Å². The molecular formula is C19H17Br2ClN4OS. The maximum Gasteiger partial charge on any atom is 0.212 e. The van der Waals surface area contributed by atoms with Gasteiger partial charge in [0, 0.05) is 17.2 Å². The van der Waals surface area contributed by atoms with Gasteiger partial charge in [0.1, 0.15) is 5.75 Å². The number of phenolic OH excluding ortho intramolecular Hbond substituents is 1. The van der Waals surface area contributed by atoms with Crippen LogP contribution in [0.2, 0.25) is 5.02 Å². The molecule has 0 atom stereocenters. The standard InChI is InChI=1S/C19H17Br2ClN4OS/c1-2-3-17-24-25-19(28-11-12-4-6-14(22)7-5-12)26(17)23-10-13-8-15(20)18(27)16(21)9-13/h4-10,27H,2-3,11H2,1H3/b23-10+. The van der Waals surface area contributed by atoms with Crippen LogP contribution < -0.4 is 0 Å². The van der Waals surface area contributed by atoms with Crippen LogP contribution in [-0.4, -0.2) is 26.2 Å². The van der Waals surface area contributed by atoms with E-state index >= 15 is 0 Å². The minimum atomic E-state index is 0.160. The molecule has 1 aromatic heterocycles. The van der Waals surface area contributed by atoms with Crippen LogP contribution in [0, 0.1) is 0 Å². The molecule has 0 bridgehead atoms. The van der Waals surface area contributed by atoms with E-state index in [9.17, 15) is 5.11 Å². The van der Waals surface area contributed by atoms with E-state index in [-0.39, 0.29) is 5.75 Å². The van der Waals surface area contributed by atoms with E-state index in [1.165, 1.54) is 0 Å². The molecule has 28 heavy (non-hydrogen) atoms. The molecule has 0 aliphatic heterocycles. The molecule has 5 nitrogen and oxygen atoms in total. The Kier molecular flexibility index (Phi) is 7.56. The van der Waals surface area contributed by atoms with Gasteiger partial charge in [-0.05, 0) is 73.7 Å². The molecule has 1 N–H and O–H groups in total. The number of phenols is 1. The lowest BCUT2D eigenvalue weighted by atomic mass is 10.2. The van der Waals surface area contributed by atoms with Gasteiger partial charge in [0.15, 0.2) is 5.82 Å². The van der Waals surface area contributed by atoms with Crippen molar-refractivity contribution >= 4 is 61.4 Å². The van der Waals surface area contributed by atoms with Gasteiger partial charge in [0.2, 0.25) is 5.16 Å². The van der Waals surface area contributed by atoms with Gasteiger partial charge in [0.05, 0.1) is 15.2 Å². The predicted octanol–water partition coefficient (Wildman–Crippen LogP) is 6.29. The van der Waals surface area contributed by atoms with Crippen molar-refractivity contribution in [2.24, 2.45) is 5.10 Å². The zero-order valence-electron chi connectivity index (χ0n) is 14.9. The monoisotopic (exact) mass is 542 g/mol. The Bertz CT molecular complexity index is 969. The minimum absolute atomic E-state index is 0.160. The van der Waals surface area contributed by atoms with Gasteiger partial charge in [-0.15, -0.1) is 10.2 Å². The van der Waals surface area contributed by atoms with Crippen molar-refractivity contribution in [1.82, 2.24) is 14.9 Å². The van der Waals surface area contributed by atoms with Crippen molar-refractivity contribution in [3.63, 3.8) is 0 Å². The van der Waals surface area contributed by atoms with Gasteiger partial charge in [-0.1, -0.05) is 42.4 Å². The zero-order chi connectivity index (χ0) is 20.1. The highest BCUT2D eigenvalue weighted by atomic mass is 79.9. The second-order valence-corrected chi connectivity index (χ2v) is 9.04. The Morgan fingerprint density at radius 1 is 1.18 bits per heavy atom. The highest BCUT2D eigenvalue weighted by Gasteiger charge is 2.12. The molecule has 0 spiro atoms. The molecule has 0 fully saturated rings. The van der Waals surface area contributed by atoms with Gasteiger partial charge in [-0.3, -0.25) is 0 Å². The number of aromatic nitrogens is 3.